The zero-order valence-corrected chi connectivity index (χ0v) is 22.8. The summed E-state index contributed by atoms with van der Waals surface area (Å²) < 4.78 is 21.7. The van der Waals surface area contributed by atoms with Crippen LogP contribution in [-0.4, -0.2) is 43.9 Å². The van der Waals surface area contributed by atoms with Crippen LogP contribution in [0.1, 0.15) is 26.5 Å². The van der Waals surface area contributed by atoms with Crippen LogP contribution >= 0.6 is 11.3 Å². The Kier molecular flexibility index (Phi) is 8.40. The molecular formula is C31H25NO8S. The van der Waals surface area contributed by atoms with Gasteiger partial charge in [0.2, 0.25) is 5.91 Å². The first kappa shape index (κ1) is 27.6. The number of ether oxygens (including phenoxy) is 4. The molecule has 1 aliphatic rings. The minimum atomic E-state index is -0.696. The van der Waals surface area contributed by atoms with Crippen molar-refractivity contribution in [2.45, 2.75) is 6.42 Å². The maximum absolute atomic E-state index is 12.7. The van der Waals surface area contributed by atoms with E-state index < -0.39 is 30.2 Å². The van der Waals surface area contributed by atoms with Gasteiger partial charge in [0.25, 0.3) is 0 Å². The molecule has 1 fully saturated rings. The van der Waals surface area contributed by atoms with Gasteiger partial charge in [-0.2, -0.15) is 0 Å². The Bertz CT molecular complexity index is 1550. The molecule has 208 valence electrons. The molecule has 4 aromatic rings. The van der Waals surface area contributed by atoms with E-state index in [1.807, 2.05) is 12.1 Å². The van der Waals surface area contributed by atoms with Gasteiger partial charge in [0.05, 0.1) is 13.0 Å². The smallest absolute Gasteiger partial charge is 0.353 e. The maximum Gasteiger partial charge on any atom is 0.353 e. The maximum atomic E-state index is 12.7. The first-order chi connectivity index (χ1) is 19.9. The Morgan fingerprint density at radius 3 is 2.27 bits per heavy atom. The molecule has 1 saturated heterocycles. The van der Waals surface area contributed by atoms with Crippen molar-refractivity contribution in [3.05, 3.63) is 101 Å². The molecule has 3 aromatic carbocycles. The van der Waals surface area contributed by atoms with Gasteiger partial charge in [0.1, 0.15) is 16.4 Å². The number of esters is 2. The molecule has 9 nitrogen and oxygen atoms in total. The van der Waals surface area contributed by atoms with Gasteiger partial charge in [-0.05, 0) is 72.1 Å². The Balaban J connectivity index is 1.12. The van der Waals surface area contributed by atoms with Gasteiger partial charge in [0, 0.05) is 24.2 Å². The van der Waals surface area contributed by atoms with Crippen molar-refractivity contribution in [2.75, 3.05) is 25.2 Å². The molecule has 0 spiro atoms. The van der Waals surface area contributed by atoms with Gasteiger partial charge in [-0.1, -0.05) is 18.2 Å². The summed E-state index contributed by atoms with van der Waals surface area (Å²) in [5.74, 6) is -0.417. The highest BCUT2D eigenvalue weighted by Gasteiger charge is 2.36. The Hall–Kier alpha value is -4.96. The second-order valence-electron chi connectivity index (χ2n) is 9.07. The van der Waals surface area contributed by atoms with Crippen molar-refractivity contribution in [3.63, 3.8) is 0 Å². The van der Waals surface area contributed by atoms with Crippen LogP contribution in [0.25, 0.3) is 0 Å². The summed E-state index contributed by atoms with van der Waals surface area (Å²) in [5, 5.41) is 1.77. The van der Waals surface area contributed by atoms with Crippen molar-refractivity contribution >= 4 is 40.7 Å². The van der Waals surface area contributed by atoms with Crippen LogP contribution in [-0.2, 0) is 14.3 Å². The molecule has 0 saturated carbocycles. The largest absolute Gasteiger partial charge is 0.493 e. The average Bonchev–Trinajstić information content (AvgIpc) is 3.67. The number of carbonyl (C=O) groups is 4. The number of hydrogen-bond acceptors (Lipinski definition) is 9. The van der Waals surface area contributed by atoms with Gasteiger partial charge in [-0.25, -0.2) is 4.79 Å². The number of ketones is 1. The number of methoxy groups -OCH3 is 1. The number of carbonyl (C=O) groups excluding carboxylic acids is 4. The van der Waals surface area contributed by atoms with Crippen LogP contribution in [0.5, 0.6) is 23.0 Å². The van der Waals surface area contributed by atoms with Crippen molar-refractivity contribution in [1.29, 1.82) is 0 Å². The lowest BCUT2D eigenvalue weighted by molar-refractivity contribution is -0.147. The van der Waals surface area contributed by atoms with Gasteiger partial charge >= 0.3 is 11.9 Å². The molecule has 0 N–H and O–H groups in total. The van der Waals surface area contributed by atoms with E-state index in [1.165, 1.54) is 40.5 Å². The second-order valence-corrected chi connectivity index (χ2v) is 10.0. The number of hydrogen-bond donors (Lipinski definition) is 0. The fourth-order valence-electron chi connectivity index (χ4n) is 4.24. The fraction of sp³-hybridized carbons (Fsp3) is 0.161. The van der Waals surface area contributed by atoms with Gasteiger partial charge in [-0.3, -0.25) is 14.4 Å². The van der Waals surface area contributed by atoms with Crippen LogP contribution < -0.4 is 19.1 Å². The number of anilines is 1. The molecule has 10 heteroatoms. The predicted molar refractivity (Wildman–Crippen MR) is 151 cm³/mol. The van der Waals surface area contributed by atoms with E-state index >= 15 is 0 Å². The van der Waals surface area contributed by atoms with Crippen LogP contribution in [0.4, 0.5) is 5.69 Å². The lowest BCUT2D eigenvalue weighted by Crippen LogP contribution is -2.27. The minimum absolute atomic E-state index is 0.0171. The summed E-state index contributed by atoms with van der Waals surface area (Å²) in [6.45, 7) is -0.324. The monoisotopic (exact) mass is 571 g/mol. The third-order valence-electron chi connectivity index (χ3n) is 6.36. The van der Waals surface area contributed by atoms with Gasteiger partial charge < -0.3 is 23.8 Å². The van der Waals surface area contributed by atoms with E-state index in [4.69, 9.17) is 18.9 Å². The Morgan fingerprint density at radius 2 is 1.59 bits per heavy atom. The average molecular weight is 572 g/mol. The number of Topliss-reactive ketones (excluding diaryl/α,β-unsaturated/α-hetero) is 1. The number of benzene rings is 3. The fourth-order valence-corrected chi connectivity index (χ4v) is 4.84. The molecule has 1 aliphatic heterocycles. The lowest BCUT2D eigenvalue weighted by Gasteiger charge is -2.17. The second kappa shape index (κ2) is 12.5. The summed E-state index contributed by atoms with van der Waals surface area (Å²) in [5.41, 5.74) is 0.918. The number of thiophene rings is 1. The first-order valence-electron chi connectivity index (χ1n) is 12.7. The minimum Gasteiger partial charge on any atom is -0.493 e. The SMILES string of the molecule is COc1ccccc1Oc1ccc(N2C[C@@H](C(=O)OCC(=O)c3ccc(OC(=O)c4cccs4)cc3)CC2=O)cc1. The van der Waals surface area contributed by atoms with Crippen LogP contribution in [0.2, 0.25) is 0 Å². The van der Waals surface area contributed by atoms with Crippen LogP contribution in [0, 0.1) is 5.92 Å². The standard InChI is InChI=1S/C31H25NO8S/c1-37-26-5-2-3-6-27(26)39-23-14-10-22(11-15-23)32-18-21(17-29(32)34)30(35)38-19-25(33)20-8-12-24(13-9-20)40-31(36)28-7-4-16-41-28/h2-16,21H,17-19H2,1H3/t21-/m0/s1. The van der Waals surface area contributed by atoms with Gasteiger partial charge in [0.15, 0.2) is 23.9 Å². The summed E-state index contributed by atoms with van der Waals surface area (Å²) in [6.07, 6.45) is -0.0171. The highest BCUT2D eigenvalue weighted by atomic mass is 32.1. The molecule has 1 aromatic heterocycles. The van der Waals surface area contributed by atoms with E-state index in [1.54, 1.807) is 61.0 Å². The number of nitrogens with zero attached hydrogens (tertiary/aromatic N) is 1. The van der Waals surface area contributed by atoms with Crippen molar-refractivity contribution in [1.82, 2.24) is 0 Å². The summed E-state index contributed by atoms with van der Waals surface area (Å²) in [6, 6.07) is 23.6. The van der Waals surface area contributed by atoms with E-state index in [0.29, 0.717) is 39.1 Å². The first-order valence-corrected chi connectivity index (χ1v) is 13.6. The van der Waals surface area contributed by atoms with Gasteiger partial charge in [-0.15, -0.1) is 11.3 Å². The number of para-hydroxylation sites is 2. The Morgan fingerprint density at radius 1 is 0.878 bits per heavy atom. The van der Waals surface area contributed by atoms with Crippen molar-refractivity contribution in [3.8, 4) is 23.0 Å². The van der Waals surface area contributed by atoms with E-state index in [-0.39, 0.29) is 18.9 Å². The summed E-state index contributed by atoms with van der Waals surface area (Å²) in [7, 11) is 1.56. The quantitative estimate of drug-likeness (QED) is 0.139. The zero-order chi connectivity index (χ0) is 28.8. The summed E-state index contributed by atoms with van der Waals surface area (Å²) in [4.78, 5) is 51.9. The lowest BCUT2D eigenvalue weighted by atomic mass is 10.1. The van der Waals surface area contributed by atoms with Crippen molar-refractivity contribution in [2.24, 2.45) is 5.92 Å². The molecule has 41 heavy (non-hydrogen) atoms. The molecule has 0 aliphatic carbocycles. The zero-order valence-electron chi connectivity index (χ0n) is 22.0. The third-order valence-corrected chi connectivity index (χ3v) is 7.21. The predicted octanol–water partition coefficient (Wildman–Crippen LogP) is 5.55. The molecule has 0 bridgehead atoms. The number of rotatable bonds is 10. The van der Waals surface area contributed by atoms with Crippen LogP contribution in [0.15, 0.2) is 90.3 Å². The normalized spacial score (nSPS) is 14.4. The van der Waals surface area contributed by atoms with Crippen LogP contribution in [0.3, 0.4) is 0 Å². The van der Waals surface area contributed by atoms with E-state index in [9.17, 15) is 19.2 Å². The van der Waals surface area contributed by atoms with E-state index in [0.717, 1.165) is 0 Å². The summed E-state index contributed by atoms with van der Waals surface area (Å²) >= 11 is 1.27. The molecule has 1 atom stereocenters. The molecule has 2 heterocycles. The highest BCUT2D eigenvalue weighted by Crippen LogP contribution is 2.33. The van der Waals surface area contributed by atoms with E-state index in [2.05, 4.69) is 0 Å². The molecular weight excluding hydrogens is 546 g/mol. The molecule has 1 amide bonds. The molecule has 5 rings (SSSR count). The van der Waals surface area contributed by atoms with Crippen molar-refractivity contribution < 1.29 is 38.1 Å². The number of amides is 1. The topological polar surface area (TPSA) is 108 Å². The molecule has 0 unspecified atom stereocenters. The highest BCUT2D eigenvalue weighted by molar-refractivity contribution is 7.12. The third kappa shape index (κ3) is 6.62. The molecule has 0 radical (unpaired) electrons. The Labute approximate surface area is 239 Å².